The standard InChI is InChI=1S/C74H144O17P2/c1-9-66(7)52-44-36-27-21-15-13-11-12-14-16-23-30-40-48-56-73(78)91-70(61-85-72(77)55-47-39-33-32-35-43-51-65(5)6)63-89-93(82,83)87-59-68(75)58-86-92(80,81)88-62-69(60-84-71(76)54-46-38-29-25-19-20-26-34-42-50-64(3)4)90-74(79)57-49-41-31-24-18-17-22-28-37-45-53-67(8)10-2/h64-70,75H,9-63H2,1-8H3,(H,80,81)(H,82,83)/t66?,67?,68-,69-,70-/m1/s1. The van der Waals surface area contributed by atoms with Crippen molar-refractivity contribution in [2.45, 2.75) is 388 Å². The lowest BCUT2D eigenvalue weighted by Gasteiger charge is -2.21. The number of carbonyl (C=O) groups is 4. The van der Waals surface area contributed by atoms with Crippen LogP contribution in [0.3, 0.4) is 0 Å². The molecule has 0 amide bonds. The van der Waals surface area contributed by atoms with Crippen molar-refractivity contribution in [1.82, 2.24) is 0 Å². The Hall–Kier alpha value is -1.94. The van der Waals surface area contributed by atoms with E-state index in [1.54, 1.807) is 0 Å². The van der Waals surface area contributed by atoms with Crippen LogP contribution < -0.4 is 0 Å². The van der Waals surface area contributed by atoms with Crippen LogP contribution in [0.25, 0.3) is 0 Å². The highest BCUT2D eigenvalue weighted by atomic mass is 31.2. The van der Waals surface area contributed by atoms with Crippen LogP contribution in [-0.4, -0.2) is 96.7 Å². The van der Waals surface area contributed by atoms with E-state index in [0.717, 1.165) is 114 Å². The topological polar surface area (TPSA) is 237 Å². The molecule has 0 fully saturated rings. The van der Waals surface area contributed by atoms with Crippen molar-refractivity contribution < 1.29 is 80.2 Å². The minimum atomic E-state index is -4.95. The molecule has 0 aliphatic heterocycles. The first-order valence-electron chi connectivity index (χ1n) is 38.3. The lowest BCUT2D eigenvalue weighted by atomic mass is 9.99. The third-order valence-corrected chi connectivity index (χ3v) is 19.7. The van der Waals surface area contributed by atoms with Gasteiger partial charge in [-0.1, -0.05) is 319 Å². The van der Waals surface area contributed by atoms with Crippen molar-refractivity contribution in [3.63, 3.8) is 0 Å². The summed E-state index contributed by atoms with van der Waals surface area (Å²) in [6.45, 7) is 14.2. The molecule has 0 aliphatic rings. The molecule has 17 nitrogen and oxygen atoms in total. The number of aliphatic hydroxyl groups excluding tert-OH is 1. The van der Waals surface area contributed by atoms with Crippen molar-refractivity contribution in [1.29, 1.82) is 0 Å². The van der Waals surface area contributed by atoms with E-state index in [1.165, 1.54) is 167 Å². The number of ether oxygens (including phenoxy) is 4. The van der Waals surface area contributed by atoms with Gasteiger partial charge >= 0.3 is 39.5 Å². The van der Waals surface area contributed by atoms with Gasteiger partial charge in [-0.15, -0.1) is 0 Å². The summed E-state index contributed by atoms with van der Waals surface area (Å²) in [5.41, 5.74) is 0. The lowest BCUT2D eigenvalue weighted by molar-refractivity contribution is -0.161. The minimum Gasteiger partial charge on any atom is -0.462 e. The smallest absolute Gasteiger partial charge is 0.462 e. The summed E-state index contributed by atoms with van der Waals surface area (Å²) in [5.74, 6) is 0.946. The third kappa shape index (κ3) is 65.8. The number of carbonyl (C=O) groups excluding carboxylic acids is 4. The van der Waals surface area contributed by atoms with Crippen LogP contribution >= 0.6 is 15.6 Å². The van der Waals surface area contributed by atoms with E-state index in [1.807, 2.05) is 0 Å². The first-order valence-corrected chi connectivity index (χ1v) is 41.3. The Kier molecular flexibility index (Phi) is 62.2. The SMILES string of the molecule is CCC(C)CCCCCCCCCCCCCCCCC(=O)O[C@H](COC(=O)CCCCCCCCC(C)C)COP(=O)(O)OC[C@H](O)COP(=O)(O)OC[C@@H](COC(=O)CCCCCCCCCCCC(C)C)OC(=O)CCCCCCCCCCCCC(C)CC. The van der Waals surface area contributed by atoms with Gasteiger partial charge in [-0.2, -0.15) is 0 Å². The minimum absolute atomic E-state index is 0.105. The van der Waals surface area contributed by atoms with Crippen LogP contribution in [0.1, 0.15) is 370 Å². The average Bonchev–Trinajstić information content (AvgIpc) is 2.86. The van der Waals surface area contributed by atoms with Crippen LogP contribution in [0.15, 0.2) is 0 Å². The third-order valence-electron chi connectivity index (χ3n) is 17.8. The molecule has 0 rings (SSSR count). The van der Waals surface area contributed by atoms with Gasteiger partial charge in [-0.05, 0) is 49.4 Å². The predicted octanol–water partition coefficient (Wildman–Crippen LogP) is 21.3. The highest BCUT2D eigenvalue weighted by Gasteiger charge is 2.30. The summed E-state index contributed by atoms with van der Waals surface area (Å²) >= 11 is 0. The molecule has 3 N–H and O–H groups in total. The normalized spacial score (nSPS) is 14.8. The van der Waals surface area contributed by atoms with Gasteiger partial charge in [0.1, 0.15) is 19.3 Å². The molecular weight excluding hydrogens is 1220 g/mol. The van der Waals surface area contributed by atoms with E-state index < -0.39 is 97.5 Å². The Morgan fingerprint density at radius 3 is 0.763 bits per heavy atom. The maximum Gasteiger partial charge on any atom is 0.472 e. The molecule has 0 aromatic carbocycles. The zero-order valence-corrected chi connectivity index (χ0v) is 62.7. The number of rotatable bonds is 71. The van der Waals surface area contributed by atoms with E-state index in [9.17, 15) is 43.2 Å². The second kappa shape index (κ2) is 63.5. The Labute approximate surface area is 568 Å². The van der Waals surface area contributed by atoms with Crippen LogP contribution in [-0.2, 0) is 65.4 Å². The molecule has 0 aromatic rings. The van der Waals surface area contributed by atoms with E-state index in [0.29, 0.717) is 31.6 Å². The van der Waals surface area contributed by atoms with Crippen molar-refractivity contribution in [2.75, 3.05) is 39.6 Å². The number of phosphoric ester groups is 2. The average molecular weight is 1370 g/mol. The van der Waals surface area contributed by atoms with E-state index in [-0.39, 0.29) is 25.7 Å². The Balaban J connectivity index is 5.23. The molecule has 0 saturated heterocycles. The second-order valence-corrected chi connectivity index (χ2v) is 31.0. The van der Waals surface area contributed by atoms with Gasteiger partial charge in [0.05, 0.1) is 26.4 Å². The number of hydrogen-bond acceptors (Lipinski definition) is 15. The lowest BCUT2D eigenvalue weighted by Crippen LogP contribution is -2.30. The van der Waals surface area contributed by atoms with E-state index in [4.69, 9.17) is 37.0 Å². The summed E-state index contributed by atoms with van der Waals surface area (Å²) in [6.07, 6.45) is 47.2. The molecule has 0 heterocycles. The summed E-state index contributed by atoms with van der Waals surface area (Å²) < 4.78 is 68.4. The predicted molar refractivity (Wildman–Crippen MR) is 377 cm³/mol. The van der Waals surface area contributed by atoms with Crippen LogP contribution in [0.5, 0.6) is 0 Å². The van der Waals surface area contributed by atoms with Crippen LogP contribution in [0, 0.1) is 23.7 Å². The zero-order chi connectivity index (χ0) is 68.9. The van der Waals surface area contributed by atoms with Crippen molar-refractivity contribution in [3.8, 4) is 0 Å². The summed E-state index contributed by atoms with van der Waals surface area (Å²) in [4.78, 5) is 72.7. The highest BCUT2D eigenvalue weighted by molar-refractivity contribution is 7.47. The molecule has 0 saturated carbocycles. The molecule has 0 aliphatic carbocycles. The molecule has 0 aromatic heterocycles. The van der Waals surface area contributed by atoms with Gasteiger partial charge in [0, 0.05) is 25.7 Å². The van der Waals surface area contributed by atoms with Crippen molar-refractivity contribution >= 4 is 39.5 Å². The van der Waals surface area contributed by atoms with Gasteiger partial charge in [0.25, 0.3) is 0 Å². The number of hydrogen-bond donors (Lipinski definition) is 3. The van der Waals surface area contributed by atoms with E-state index >= 15 is 0 Å². The first kappa shape index (κ1) is 91.1. The van der Waals surface area contributed by atoms with Gasteiger partial charge in [0.2, 0.25) is 0 Å². The second-order valence-electron chi connectivity index (χ2n) is 28.1. The van der Waals surface area contributed by atoms with Crippen LogP contribution in [0.4, 0.5) is 0 Å². The molecule has 7 atom stereocenters. The molecule has 552 valence electrons. The summed E-state index contributed by atoms with van der Waals surface area (Å²) in [7, 11) is -9.91. The monoisotopic (exact) mass is 1370 g/mol. The van der Waals surface area contributed by atoms with E-state index in [2.05, 4.69) is 55.4 Å². The molecular formula is C74H144O17P2. The first-order chi connectivity index (χ1) is 44.7. The Bertz CT molecular complexity index is 1840. The molecule has 0 spiro atoms. The highest BCUT2D eigenvalue weighted by Crippen LogP contribution is 2.45. The fourth-order valence-electron chi connectivity index (χ4n) is 11.1. The molecule has 0 radical (unpaired) electrons. The van der Waals surface area contributed by atoms with Crippen molar-refractivity contribution in [2.24, 2.45) is 23.7 Å². The quantitative estimate of drug-likeness (QED) is 0.0222. The maximum absolute atomic E-state index is 13.0. The summed E-state index contributed by atoms with van der Waals surface area (Å²) in [6, 6.07) is 0. The fraction of sp³-hybridized carbons (Fsp3) is 0.946. The molecule has 0 bridgehead atoms. The largest absolute Gasteiger partial charge is 0.472 e. The fourth-order valence-corrected chi connectivity index (χ4v) is 12.7. The number of esters is 4. The number of aliphatic hydroxyl groups is 1. The number of phosphoric acid groups is 2. The van der Waals surface area contributed by atoms with Gasteiger partial charge in [-0.25, -0.2) is 9.13 Å². The zero-order valence-electron chi connectivity index (χ0n) is 60.9. The molecule has 93 heavy (non-hydrogen) atoms. The van der Waals surface area contributed by atoms with Gasteiger partial charge < -0.3 is 33.8 Å². The number of unbranched alkanes of at least 4 members (excludes halogenated alkanes) is 35. The van der Waals surface area contributed by atoms with Gasteiger partial charge in [-0.3, -0.25) is 37.3 Å². The molecule has 19 heteroatoms. The maximum atomic E-state index is 13.0. The Morgan fingerprint density at radius 1 is 0.301 bits per heavy atom. The van der Waals surface area contributed by atoms with Crippen molar-refractivity contribution in [3.05, 3.63) is 0 Å². The Morgan fingerprint density at radius 2 is 0.516 bits per heavy atom. The molecule has 4 unspecified atom stereocenters. The van der Waals surface area contributed by atoms with Crippen LogP contribution in [0.2, 0.25) is 0 Å². The summed E-state index contributed by atoms with van der Waals surface area (Å²) in [5, 5.41) is 10.6. The van der Waals surface area contributed by atoms with Gasteiger partial charge in [0.15, 0.2) is 12.2 Å².